The molecule has 0 unspecified atom stereocenters. The van der Waals surface area contributed by atoms with E-state index in [0.717, 1.165) is 24.8 Å². The SMILES string of the molecule is CC1(C)C2=CCC=C(C#N)[C@@]2(C)CC[C@@H]1O. The first-order valence-electron chi connectivity index (χ1n) is 5.93. The van der Waals surface area contributed by atoms with Crippen molar-refractivity contribution in [3.63, 3.8) is 0 Å². The lowest BCUT2D eigenvalue weighted by molar-refractivity contribution is 0.0216. The Morgan fingerprint density at radius 2 is 2.06 bits per heavy atom. The van der Waals surface area contributed by atoms with Crippen LogP contribution in [0.3, 0.4) is 0 Å². The summed E-state index contributed by atoms with van der Waals surface area (Å²) in [6.45, 7) is 6.31. The average molecular weight is 217 g/mol. The first-order valence-corrected chi connectivity index (χ1v) is 5.93. The summed E-state index contributed by atoms with van der Waals surface area (Å²) >= 11 is 0. The zero-order valence-corrected chi connectivity index (χ0v) is 10.2. The molecule has 2 rings (SSSR count). The topological polar surface area (TPSA) is 44.0 Å². The lowest BCUT2D eigenvalue weighted by Gasteiger charge is -2.49. The van der Waals surface area contributed by atoms with Crippen molar-refractivity contribution >= 4 is 0 Å². The van der Waals surface area contributed by atoms with Gasteiger partial charge in [0.2, 0.25) is 0 Å². The smallest absolute Gasteiger partial charge is 0.0953 e. The molecule has 0 amide bonds. The molecule has 1 N–H and O–H groups in total. The van der Waals surface area contributed by atoms with E-state index in [1.54, 1.807) is 0 Å². The van der Waals surface area contributed by atoms with E-state index in [1.165, 1.54) is 5.57 Å². The molecule has 0 aliphatic heterocycles. The third-order valence-electron chi connectivity index (χ3n) is 4.40. The minimum Gasteiger partial charge on any atom is -0.392 e. The van der Waals surface area contributed by atoms with Crippen LogP contribution >= 0.6 is 0 Å². The Hall–Kier alpha value is -1.07. The van der Waals surface area contributed by atoms with Gasteiger partial charge in [0.05, 0.1) is 12.2 Å². The summed E-state index contributed by atoms with van der Waals surface area (Å²) in [5, 5.41) is 19.3. The number of nitriles is 1. The van der Waals surface area contributed by atoms with Gasteiger partial charge < -0.3 is 5.11 Å². The Bertz CT molecular complexity index is 411. The van der Waals surface area contributed by atoms with Crippen molar-refractivity contribution in [2.45, 2.75) is 46.1 Å². The highest BCUT2D eigenvalue weighted by Gasteiger charge is 2.48. The summed E-state index contributed by atoms with van der Waals surface area (Å²) in [7, 11) is 0. The van der Waals surface area contributed by atoms with Crippen LogP contribution in [0, 0.1) is 22.2 Å². The van der Waals surface area contributed by atoms with Gasteiger partial charge in [-0.1, -0.05) is 38.5 Å². The Kier molecular flexibility index (Phi) is 2.47. The molecule has 1 fully saturated rings. The highest BCUT2D eigenvalue weighted by molar-refractivity contribution is 5.45. The van der Waals surface area contributed by atoms with E-state index in [0.29, 0.717) is 0 Å². The van der Waals surface area contributed by atoms with Crippen molar-refractivity contribution in [1.82, 2.24) is 0 Å². The molecule has 2 aliphatic rings. The van der Waals surface area contributed by atoms with Gasteiger partial charge in [0.25, 0.3) is 0 Å². The van der Waals surface area contributed by atoms with Crippen molar-refractivity contribution in [3.8, 4) is 6.07 Å². The number of nitrogens with zero attached hydrogens (tertiary/aromatic N) is 1. The number of rotatable bonds is 0. The lowest BCUT2D eigenvalue weighted by Crippen LogP contribution is -2.45. The maximum absolute atomic E-state index is 10.1. The predicted octanol–water partition coefficient (Wildman–Crippen LogP) is 2.95. The largest absolute Gasteiger partial charge is 0.392 e. The quantitative estimate of drug-likeness (QED) is 0.634. The molecule has 2 heteroatoms. The molecule has 0 spiro atoms. The summed E-state index contributed by atoms with van der Waals surface area (Å²) in [6.07, 6.45) is 6.41. The normalized spacial score (nSPS) is 36.8. The molecule has 16 heavy (non-hydrogen) atoms. The Morgan fingerprint density at radius 1 is 1.38 bits per heavy atom. The highest BCUT2D eigenvalue weighted by atomic mass is 16.3. The van der Waals surface area contributed by atoms with Crippen molar-refractivity contribution in [2.24, 2.45) is 10.8 Å². The van der Waals surface area contributed by atoms with Gasteiger partial charge in [-0.05, 0) is 19.3 Å². The highest BCUT2D eigenvalue weighted by Crippen LogP contribution is 2.55. The Balaban J connectivity index is 2.49. The van der Waals surface area contributed by atoms with E-state index in [-0.39, 0.29) is 16.9 Å². The number of hydrogen-bond acceptors (Lipinski definition) is 2. The zero-order chi connectivity index (χ0) is 12.0. The monoisotopic (exact) mass is 217 g/mol. The predicted molar refractivity (Wildman–Crippen MR) is 63.5 cm³/mol. The van der Waals surface area contributed by atoms with Crippen molar-refractivity contribution in [2.75, 3.05) is 0 Å². The van der Waals surface area contributed by atoms with Crippen molar-refractivity contribution in [3.05, 3.63) is 23.3 Å². The molecule has 0 saturated heterocycles. The molecule has 1 saturated carbocycles. The zero-order valence-electron chi connectivity index (χ0n) is 10.2. The second-order valence-corrected chi connectivity index (χ2v) is 5.69. The van der Waals surface area contributed by atoms with E-state index < -0.39 is 0 Å². The lowest BCUT2D eigenvalue weighted by atomic mass is 9.55. The number of aliphatic hydroxyl groups is 1. The van der Waals surface area contributed by atoms with E-state index in [4.69, 9.17) is 0 Å². The summed E-state index contributed by atoms with van der Waals surface area (Å²) in [6, 6.07) is 2.33. The van der Waals surface area contributed by atoms with Crippen LogP contribution in [0.25, 0.3) is 0 Å². The van der Waals surface area contributed by atoms with E-state index >= 15 is 0 Å². The molecule has 2 nitrogen and oxygen atoms in total. The Morgan fingerprint density at radius 3 is 2.69 bits per heavy atom. The molecule has 0 bridgehead atoms. The maximum atomic E-state index is 10.1. The fourth-order valence-corrected chi connectivity index (χ4v) is 3.27. The second kappa shape index (κ2) is 3.46. The second-order valence-electron chi connectivity index (χ2n) is 5.69. The van der Waals surface area contributed by atoms with Crippen LogP contribution in [0.15, 0.2) is 23.3 Å². The summed E-state index contributed by atoms with van der Waals surface area (Å²) in [5.41, 5.74) is 1.78. The van der Waals surface area contributed by atoms with Crippen LogP contribution < -0.4 is 0 Å². The average Bonchev–Trinajstić information content (AvgIpc) is 2.24. The van der Waals surface area contributed by atoms with E-state index in [9.17, 15) is 10.4 Å². The standard InChI is InChI=1S/C14H19NO/c1-13(2)11-6-4-5-10(9-15)14(11,3)8-7-12(13)16/h5-6,12,16H,4,7-8H2,1-3H3/t12-,14+/m0/s1. The van der Waals surface area contributed by atoms with Gasteiger partial charge in [0.1, 0.15) is 0 Å². The number of fused-ring (bicyclic) bond motifs is 1. The van der Waals surface area contributed by atoms with Crippen molar-refractivity contribution < 1.29 is 5.11 Å². The third-order valence-corrected chi connectivity index (χ3v) is 4.40. The first-order chi connectivity index (χ1) is 7.43. The molecular weight excluding hydrogens is 198 g/mol. The van der Waals surface area contributed by atoms with Crippen LogP contribution in [0.5, 0.6) is 0 Å². The van der Waals surface area contributed by atoms with Gasteiger partial charge in [0.15, 0.2) is 0 Å². The van der Waals surface area contributed by atoms with E-state index in [1.807, 2.05) is 6.08 Å². The fraction of sp³-hybridized carbons (Fsp3) is 0.643. The molecule has 2 atom stereocenters. The molecule has 0 heterocycles. The van der Waals surface area contributed by atoms with Gasteiger partial charge in [-0.25, -0.2) is 0 Å². The molecule has 0 radical (unpaired) electrons. The Labute approximate surface area is 97.3 Å². The van der Waals surface area contributed by atoms with Crippen LogP contribution in [-0.2, 0) is 0 Å². The van der Waals surface area contributed by atoms with Crippen LogP contribution in [-0.4, -0.2) is 11.2 Å². The first kappa shape index (κ1) is 11.4. The minimum absolute atomic E-state index is 0.143. The minimum atomic E-state index is -0.287. The van der Waals surface area contributed by atoms with Gasteiger partial charge in [0, 0.05) is 16.4 Å². The van der Waals surface area contributed by atoms with E-state index in [2.05, 4.69) is 32.9 Å². The molecular formula is C14H19NO. The molecule has 2 aliphatic carbocycles. The van der Waals surface area contributed by atoms with Crippen LogP contribution in [0.2, 0.25) is 0 Å². The number of aliphatic hydroxyl groups excluding tert-OH is 1. The van der Waals surface area contributed by atoms with Gasteiger partial charge in [-0.3, -0.25) is 0 Å². The third kappa shape index (κ3) is 1.35. The van der Waals surface area contributed by atoms with Crippen molar-refractivity contribution in [1.29, 1.82) is 5.26 Å². The maximum Gasteiger partial charge on any atom is 0.0953 e. The van der Waals surface area contributed by atoms with Crippen LogP contribution in [0.4, 0.5) is 0 Å². The summed E-state index contributed by atoms with van der Waals surface area (Å²) in [4.78, 5) is 0. The number of hydrogen-bond donors (Lipinski definition) is 1. The molecule has 0 aromatic rings. The number of allylic oxidation sites excluding steroid dienone is 3. The molecule has 0 aromatic heterocycles. The van der Waals surface area contributed by atoms with Gasteiger partial charge >= 0.3 is 0 Å². The molecule has 0 aromatic carbocycles. The van der Waals surface area contributed by atoms with Gasteiger partial charge in [-0.15, -0.1) is 0 Å². The molecule has 86 valence electrons. The fourth-order valence-electron chi connectivity index (χ4n) is 3.27. The summed E-state index contributed by atoms with van der Waals surface area (Å²) in [5.74, 6) is 0. The van der Waals surface area contributed by atoms with Crippen LogP contribution in [0.1, 0.15) is 40.0 Å². The summed E-state index contributed by atoms with van der Waals surface area (Å²) < 4.78 is 0. The van der Waals surface area contributed by atoms with Gasteiger partial charge in [-0.2, -0.15) is 5.26 Å².